The molecule has 6 N–H and O–H groups in total. The van der Waals surface area contributed by atoms with Crippen molar-refractivity contribution >= 4 is 23.2 Å². The highest BCUT2D eigenvalue weighted by Crippen LogP contribution is 2.29. The summed E-state index contributed by atoms with van der Waals surface area (Å²) in [7, 11) is 0. The lowest BCUT2D eigenvalue weighted by Gasteiger charge is -2.28. The number of halogens is 3. The number of hydrogen-bond donors (Lipinski definition) is 6. The summed E-state index contributed by atoms with van der Waals surface area (Å²) in [6, 6.07) is 18.1. The smallest absolute Gasteiger partial charge is 0.390 e. The first-order valence-electron chi connectivity index (χ1n) is 12.6. The number of amides is 2. The van der Waals surface area contributed by atoms with Gasteiger partial charge in [-0.3, -0.25) is 14.8 Å². The van der Waals surface area contributed by atoms with E-state index in [1.807, 2.05) is 24.3 Å². The predicted octanol–water partition coefficient (Wildman–Crippen LogP) is 3.40. The maximum absolute atomic E-state index is 12.6. The van der Waals surface area contributed by atoms with Gasteiger partial charge in [-0.05, 0) is 66.1 Å². The maximum Gasteiger partial charge on any atom is 0.416 e. The molecule has 0 saturated heterocycles. The molecule has 11 heteroatoms. The van der Waals surface area contributed by atoms with E-state index in [2.05, 4.69) is 27.8 Å². The summed E-state index contributed by atoms with van der Waals surface area (Å²) in [4.78, 5) is 24.0. The molecule has 0 radical (unpaired) electrons. The molecule has 3 aromatic rings. The molecule has 212 valence electrons. The van der Waals surface area contributed by atoms with Crippen molar-refractivity contribution in [3.05, 3.63) is 107 Å². The maximum atomic E-state index is 12.6. The lowest BCUT2D eigenvalue weighted by atomic mass is 9.98. The number of carbonyl (C=O) groups excluding carboxylic acids is 2. The Morgan fingerprint density at radius 2 is 1.54 bits per heavy atom. The molecule has 0 aromatic heterocycles. The number of alkyl halides is 3. The number of aliphatic hydroxyl groups is 1. The average Bonchev–Trinajstić information content (AvgIpc) is 2.97. The molecule has 0 aliphatic carbocycles. The summed E-state index contributed by atoms with van der Waals surface area (Å²) < 4.78 is 37.9. The van der Waals surface area contributed by atoms with Gasteiger partial charge in [-0.1, -0.05) is 42.2 Å². The summed E-state index contributed by atoms with van der Waals surface area (Å²) in [5, 5.41) is 27.4. The number of carbonyl (C=O) groups is 2. The van der Waals surface area contributed by atoms with Crippen molar-refractivity contribution in [1.29, 1.82) is 0 Å². The van der Waals surface area contributed by atoms with Gasteiger partial charge in [0, 0.05) is 29.1 Å². The standard InChI is InChI=1S/C30H27F3N4O4/c31-30(32,33)23-11-5-21(6-12-23)17-34-18-27(39)35-24-13-7-20(8-14-24)2-1-19-3-9-22(10-4-19)25-15-16-26(38)28(36-25)29(40)37-41/h3-15,26,28,34,36,38,41H,16-18H2,(H,35,39)(H,37,40)/t26-,28+/m1/s1. The van der Waals surface area contributed by atoms with Crippen molar-refractivity contribution in [2.75, 3.05) is 11.9 Å². The van der Waals surface area contributed by atoms with Crippen molar-refractivity contribution in [2.24, 2.45) is 0 Å². The molecule has 0 saturated carbocycles. The lowest BCUT2D eigenvalue weighted by molar-refractivity contribution is -0.137. The van der Waals surface area contributed by atoms with Crippen molar-refractivity contribution in [3.63, 3.8) is 0 Å². The van der Waals surface area contributed by atoms with Gasteiger partial charge < -0.3 is 21.1 Å². The van der Waals surface area contributed by atoms with E-state index in [4.69, 9.17) is 5.21 Å². The third kappa shape index (κ3) is 8.18. The van der Waals surface area contributed by atoms with Crippen LogP contribution in [0, 0.1) is 11.8 Å². The summed E-state index contributed by atoms with van der Waals surface area (Å²) >= 11 is 0. The Hall–Kier alpha value is -4.63. The van der Waals surface area contributed by atoms with E-state index < -0.39 is 29.8 Å². The lowest BCUT2D eigenvalue weighted by Crippen LogP contribution is -2.51. The third-order valence-corrected chi connectivity index (χ3v) is 6.26. The molecule has 0 spiro atoms. The number of hydroxylamine groups is 1. The number of benzene rings is 3. The van der Waals surface area contributed by atoms with Gasteiger partial charge in [-0.2, -0.15) is 13.2 Å². The second kappa shape index (κ2) is 13.1. The van der Waals surface area contributed by atoms with Crippen LogP contribution >= 0.6 is 0 Å². The van der Waals surface area contributed by atoms with Crippen molar-refractivity contribution in [2.45, 2.75) is 31.3 Å². The number of nitrogens with one attached hydrogen (secondary N) is 4. The van der Waals surface area contributed by atoms with Gasteiger partial charge >= 0.3 is 6.18 Å². The van der Waals surface area contributed by atoms with E-state index >= 15 is 0 Å². The molecule has 0 unspecified atom stereocenters. The highest BCUT2D eigenvalue weighted by atomic mass is 19.4. The van der Waals surface area contributed by atoms with E-state index in [1.54, 1.807) is 35.8 Å². The minimum atomic E-state index is -4.38. The minimum Gasteiger partial charge on any atom is -0.390 e. The first-order chi connectivity index (χ1) is 19.6. The first-order valence-corrected chi connectivity index (χ1v) is 12.6. The molecule has 2 amide bonds. The summed E-state index contributed by atoms with van der Waals surface area (Å²) in [6.07, 6.45) is -3.29. The number of rotatable bonds is 7. The van der Waals surface area contributed by atoms with E-state index in [-0.39, 0.29) is 25.4 Å². The molecule has 0 fully saturated rings. The molecule has 8 nitrogen and oxygen atoms in total. The third-order valence-electron chi connectivity index (χ3n) is 6.26. The molecule has 1 aliphatic rings. The van der Waals surface area contributed by atoms with Crippen LogP contribution in [0.25, 0.3) is 5.70 Å². The average molecular weight is 565 g/mol. The second-order valence-electron chi connectivity index (χ2n) is 9.27. The summed E-state index contributed by atoms with van der Waals surface area (Å²) in [5.41, 5.74) is 4.99. The first kappa shape index (κ1) is 29.4. The van der Waals surface area contributed by atoms with Crippen LogP contribution in [0.1, 0.15) is 34.2 Å². The highest BCUT2D eigenvalue weighted by Gasteiger charge is 2.30. The van der Waals surface area contributed by atoms with Gasteiger partial charge in [0.2, 0.25) is 5.91 Å². The van der Waals surface area contributed by atoms with Crippen LogP contribution in [0.2, 0.25) is 0 Å². The SMILES string of the molecule is O=C(CNCc1ccc(C(F)(F)F)cc1)Nc1ccc(C#Cc2ccc(C3=CC[C@@H](O)[C@@H](C(=O)NO)N3)cc2)cc1. The molecule has 3 aromatic carbocycles. The normalized spacial score (nSPS) is 16.5. The van der Waals surface area contributed by atoms with E-state index in [9.17, 15) is 27.9 Å². The van der Waals surface area contributed by atoms with E-state index in [1.165, 1.54) is 12.1 Å². The van der Waals surface area contributed by atoms with Crippen LogP contribution in [0.4, 0.5) is 18.9 Å². The zero-order valence-electron chi connectivity index (χ0n) is 21.6. The zero-order chi connectivity index (χ0) is 29.4. The predicted molar refractivity (Wildman–Crippen MR) is 146 cm³/mol. The Morgan fingerprint density at radius 3 is 2.12 bits per heavy atom. The summed E-state index contributed by atoms with van der Waals surface area (Å²) in [6.45, 7) is 0.237. The monoisotopic (exact) mass is 564 g/mol. The van der Waals surface area contributed by atoms with Crippen molar-refractivity contribution in [1.82, 2.24) is 16.1 Å². The van der Waals surface area contributed by atoms with Crippen LogP contribution in [-0.4, -0.2) is 40.8 Å². The quantitative estimate of drug-likeness (QED) is 0.149. The Kier molecular flexibility index (Phi) is 9.41. The van der Waals surface area contributed by atoms with Crippen LogP contribution < -0.4 is 21.4 Å². The fraction of sp³-hybridized carbons (Fsp3) is 0.200. The molecule has 41 heavy (non-hydrogen) atoms. The van der Waals surface area contributed by atoms with Gasteiger partial charge in [-0.25, -0.2) is 5.48 Å². The molecule has 1 aliphatic heterocycles. The topological polar surface area (TPSA) is 123 Å². The van der Waals surface area contributed by atoms with Crippen LogP contribution in [0.3, 0.4) is 0 Å². The Balaban J connectivity index is 1.26. The molecule has 2 atom stereocenters. The zero-order valence-corrected chi connectivity index (χ0v) is 21.6. The molecular weight excluding hydrogens is 537 g/mol. The molecule has 4 rings (SSSR count). The highest BCUT2D eigenvalue weighted by molar-refractivity contribution is 5.92. The van der Waals surface area contributed by atoms with Crippen LogP contribution in [0.15, 0.2) is 78.9 Å². The number of aliphatic hydroxyl groups excluding tert-OH is 1. The van der Waals surface area contributed by atoms with E-state index in [0.717, 1.165) is 28.8 Å². The van der Waals surface area contributed by atoms with Crippen molar-refractivity contribution in [3.8, 4) is 11.8 Å². The number of hydrogen-bond acceptors (Lipinski definition) is 6. The van der Waals surface area contributed by atoms with Gasteiger partial charge in [0.05, 0.1) is 18.2 Å². The van der Waals surface area contributed by atoms with Crippen LogP contribution in [-0.2, 0) is 22.3 Å². The fourth-order valence-electron chi connectivity index (χ4n) is 4.06. The molecule has 1 heterocycles. The van der Waals surface area contributed by atoms with Gasteiger partial charge in [0.1, 0.15) is 6.04 Å². The van der Waals surface area contributed by atoms with Gasteiger partial charge in [0.15, 0.2) is 0 Å². The Labute approximate surface area is 234 Å². The van der Waals surface area contributed by atoms with Gasteiger partial charge in [-0.15, -0.1) is 0 Å². The fourth-order valence-corrected chi connectivity index (χ4v) is 4.06. The van der Waals surface area contributed by atoms with Crippen LogP contribution in [0.5, 0.6) is 0 Å². The van der Waals surface area contributed by atoms with Crippen molar-refractivity contribution < 1.29 is 33.1 Å². The Morgan fingerprint density at radius 1 is 0.927 bits per heavy atom. The molecule has 0 bridgehead atoms. The minimum absolute atomic E-state index is 0.0130. The molecular formula is C30H27F3N4O4. The van der Waals surface area contributed by atoms with Gasteiger partial charge in [0.25, 0.3) is 5.91 Å². The van der Waals surface area contributed by atoms with E-state index in [0.29, 0.717) is 16.9 Å². The Bertz CT molecular complexity index is 1460. The largest absolute Gasteiger partial charge is 0.416 e. The number of anilines is 1. The second-order valence-corrected chi connectivity index (χ2v) is 9.27. The summed E-state index contributed by atoms with van der Waals surface area (Å²) in [5.74, 6) is 5.10.